The second kappa shape index (κ2) is 4.95. The van der Waals surface area contributed by atoms with Gasteiger partial charge in [0, 0.05) is 5.56 Å². The van der Waals surface area contributed by atoms with Gasteiger partial charge in [-0.25, -0.2) is 0 Å². The summed E-state index contributed by atoms with van der Waals surface area (Å²) in [6.45, 7) is 0. The Morgan fingerprint density at radius 1 is 0.941 bits per heavy atom. The monoisotopic (exact) mass is 226 g/mol. The highest BCUT2D eigenvalue weighted by atomic mass is 16.4. The number of benzene rings is 2. The van der Waals surface area contributed by atoms with E-state index in [-0.39, 0.29) is 0 Å². The predicted octanol–water partition coefficient (Wildman–Crippen LogP) is 0.846. The maximum atomic E-state index is 10.7. The fourth-order valence-corrected chi connectivity index (χ4v) is 1.64. The lowest BCUT2D eigenvalue weighted by Gasteiger charge is -2.04. The summed E-state index contributed by atoms with van der Waals surface area (Å²) in [4.78, 5) is 10.7. The van der Waals surface area contributed by atoms with E-state index in [9.17, 15) is 4.79 Å². The molecule has 2 N–H and O–H groups in total. The van der Waals surface area contributed by atoms with Crippen molar-refractivity contribution in [2.75, 3.05) is 0 Å². The highest BCUT2D eigenvalue weighted by molar-refractivity contribution is 6.58. The van der Waals surface area contributed by atoms with Crippen LogP contribution in [-0.2, 0) is 0 Å². The molecule has 0 aliphatic rings. The topological polar surface area (TPSA) is 57.5 Å². The standard InChI is InChI=1S/C13H11BO3/c15-9-10-2-1-3-12(8-10)11-4-6-13(7-5-11)14(16)17/h1-9,16-17H. The SMILES string of the molecule is O=Cc1cccc(-c2ccc(B(O)O)cc2)c1. The van der Waals surface area contributed by atoms with Crippen LogP contribution in [0.25, 0.3) is 11.1 Å². The highest BCUT2D eigenvalue weighted by Crippen LogP contribution is 2.18. The number of hydrogen-bond acceptors (Lipinski definition) is 3. The van der Waals surface area contributed by atoms with Crippen molar-refractivity contribution in [3.05, 3.63) is 54.1 Å². The van der Waals surface area contributed by atoms with Gasteiger partial charge >= 0.3 is 7.12 Å². The third-order valence-corrected chi connectivity index (χ3v) is 2.56. The molecule has 4 heteroatoms. The van der Waals surface area contributed by atoms with E-state index in [4.69, 9.17) is 10.0 Å². The number of carbonyl (C=O) groups is 1. The maximum absolute atomic E-state index is 10.7. The molecular weight excluding hydrogens is 215 g/mol. The molecule has 0 amide bonds. The zero-order valence-corrected chi connectivity index (χ0v) is 9.08. The zero-order chi connectivity index (χ0) is 12.3. The largest absolute Gasteiger partial charge is 0.488 e. The molecule has 84 valence electrons. The Morgan fingerprint density at radius 2 is 1.65 bits per heavy atom. The second-order valence-electron chi connectivity index (χ2n) is 3.74. The first kappa shape index (κ1) is 11.6. The predicted molar refractivity (Wildman–Crippen MR) is 67.1 cm³/mol. The van der Waals surface area contributed by atoms with Crippen molar-refractivity contribution in [3.8, 4) is 11.1 Å². The van der Waals surface area contributed by atoms with E-state index >= 15 is 0 Å². The van der Waals surface area contributed by atoms with E-state index in [1.807, 2.05) is 12.1 Å². The van der Waals surface area contributed by atoms with Crippen molar-refractivity contribution in [2.24, 2.45) is 0 Å². The Balaban J connectivity index is 2.36. The van der Waals surface area contributed by atoms with Crippen LogP contribution in [0, 0.1) is 0 Å². The molecule has 0 fully saturated rings. The van der Waals surface area contributed by atoms with Gasteiger partial charge in [-0.15, -0.1) is 0 Å². The van der Waals surface area contributed by atoms with Crippen LogP contribution in [-0.4, -0.2) is 23.5 Å². The molecule has 0 radical (unpaired) electrons. The fraction of sp³-hybridized carbons (Fsp3) is 0. The molecule has 0 saturated heterocycles. The van der Waals surface area contributed by atoms with Gasteiger partial charge in [-0.05, 0) is 22.7 Å². The van der Waals surface area contributed by atoms with Crippen molar-refractivity contribution in [2.45, 2.75) is 0 Å². The van der Waals surface area contributed by atoms with Crippen LogP contribution in [0.4, 0.5) is 0 Å². The van der Waals surface area contributed by atoms with Gasteiger partial charge in [-0.3, -0.25) is 4.79 Å². The van der Waals surface area contributed by atoms with E-state index in [0.29, 0.717) is 11.0 Å². The minimum absolute atomic E-state index is 0.445. The number of hydrogen-bond donors (Lipinski definition) is 2. The van der Waals surface area contributed by atoms with E-state index in [0.717, 1.165) is 17.4 Å². The molecule has 0 saturated carbocycles. The molecule has 0 aliphatic carbocycles. The van der Waals surface area contributed by atoms with Gasteiger partial charge in [0.1, 0.15) is 6.29 Å². The first-order valence-corrected chi connectivity index (χ1v) is 5.22. The summed E-state index contributed by atoms with van der Waals surface area (Å²) in [5, 5.41) is 18.0. The smallest absolute Gasteiger partial charge is 0.423 e. The zero-order valence-electron chi connectivity index (χ0n) is 9.08. The molecule has 0 bridgehead atoms. The van der Waals surface area contributed by atoms with Crippen LogP contribution in [0.5, 0.6) is 0 Å². The summed E-state index contributed by atoms with van der Waals surface area (Å²) >= 11 is 0. The average molecular weight is 226 g/mol. The quantitative estimate of drug-likeness (QED) is 0.602. The number of aldehydes is 1. The van der Waals surface area contributed by atoms with Crippen molar-refractivity contribution in [1.29, 1.82) is 0 Å². The molecule has 0 aliphatic heterocycles. The van der Waals surface area contributed by atoms with Crippen molar-refractivity contribution >= 4 is 18.9 Å². The van der Waals surface area contributed by atoms with E-state index in [1.54, 1.807) is 36.4 Å². The van der Waals surface area contributed by atoms with Crippen molar-refractivity contribution in [1.82, 2.24) is 0 Å². The number of carbonyl (C=O) groups excluding carboxylic acids is 1. The van der Waals surface area contributed by atoms with E-state index in [1.165, 1.54) is 0 Å². The molecule has 2 aromatic rings. The Morgan fingerprint density at radius 3 is 2.24 bits per heavy atom. The van der Waals surface area contributed by atoms with Gasteiger partial charge in [0.2, 0.25) is 0 Å². The third-order valence-electron chi connectivity index (χ3n) is 2.56. The minimum atomic E-state index is -1.45. The Kier molecular flexibility index (Phi) is 3.37. The Bertz CT molecular complexity index is 520. The van der Waals surface area contributed by atoms with Crippen LogP contribution in [0.15, 0.2) is 48.5 Å². The van der Waals surface area contributed by atoms with Gasteiger partial charge in [-0.1, -0.05) is 42.5 Å². The van der Waals surface area contributed by atoms with Crippen LogP contribution in [0.1, 0.15) is 10.4 Å². The Hall–Kier alpha value is -1.91. The van der Waals surface area contributed by atoms with E-state index < -0.39 is 7.12 Å². The molecule has 2 rings (SSSR count). The first-order chi connectivity index (χ1) is 8.20. The summed E-state index contributed by atoms with van der Waals surface area (Å²) in [5.74, 6) is 0. The van der Waals surface area contributed by atoms with Crippen molar-refractivity contribution in [3.63, 3.8) is 0 Å². The average Bonchev–Trinajstić information content (AvgIpc) is 2.39. The highest BCUT2D eigenvalue weighted by Gasteiger charge is 2.10. The van der Waals surface area contributed by atoms with Crippen LogP contribution in [0.2, 0.25) is 0 Å². The number of rotatable bonds is 3. The van der Waals surface area contributed by atoms with E-state index in [2.05, 4.69) is 0 Å². The maximum Gasteiger partial charge on any atom is 0.488 e. The van der Waals surface area contributed by atoms with Crippen LogP contribution >= 0.6 is 0 Å². The van der Waals surface area contributed by atoms with Crippen LogP contribution in [0.3, 0.4) is 0 Å². The van der Waals surface area contributed by atoms with Gasteiger partial charge in [0.05, 0.1) is 0 Å². The molecule has 3 nitrogen and oxygen atoms in total. The van der Waals surface area contributed by atoms with Crippen molar-refractivity contribution < 1.29 is 14.8 Å². The molecule has 0 unspecified atom stereocenters. The van der Waals surface area contributed by atoms with Gasteiger partial charge in [0.25, 0.3) is 0 Å². The van der Waals surface area contributed by atoms with Gasteiger partial charge < -0.3 is 10.0 Å². The molecule has 0 aromatic heterocycles. The lowest BCUT2D eigenvalue weighted by Crippen LogP contribution is -2.29. The second-order valence-corrected chi connectivity index (χ2v) is 3.74. The molecule has 0 spiro atoms. The summed E-state index contributed by atoms with van der Waals surface area (Å²) < 4.78 is 0. The summed E-state index contributed by atoms with van der Waals surface area (Å²) in [5.41, 5.74) is 2.92. The molecule has 0 atom stereocenters. The van der Waals surface area contributed by atoms with Gasteiger partial charge in [-0.2, -0.15) is 0 Å². The first-order valence-electron chi connectivity index (χ1n) is 5.22. The molecule has 2 aromatic carbocycles. The van der Waals surface area contributed by atoms with Crippen LogP contribution < -0.4 is 5.46 Å². The summed E-state index contributed by atoms with van der Waals surface area (Å²) in [6.07, 6.45) is 0.801. The fourth-order valence-electron chi connectivity index (χ4n) is 1.64. The molecular formula is C13H11BO3. The third kappa shape index (κ3) is 2.61. The lowest BCUT2D eigenvalue weighted by atomic mass is 9.80. The molecule has 0 heterocycles. The lowest BCUT2D eigenvalue weighted by molar-refractivity contribution is 0.112. The van der Waals surface area contributed by atoms with Gasteiger partial charge in [0.15, 0.2) is 0 Å². The Labute approximate surface area is 99.5 Å². The minimum Gasteiger partial charge on any atom is -0.423 e. The molecule has 17 heavy (non-hydrogen) atoms. The normalized spacial score (nSPS) is 10.0. The summed E-state index contributed by atoms with van der Waals surface area (Å²) in [6, 6.07) is 14.1. The summed E-state index contributed by atoms with van der Waals surface area (Å²) in [7, 11) is -1.45.